The molecular formula is C8H14N4. The highest BCUT2D eigenvalue weighted by atomic mass is 15.0. The van der Waals surface area contributed by atoms with Crippen molar-refractivity contribution >= 4 is 12.6 Å². The van der Waals surface area contributed by atoms with Gasteiger partial charge in [0.25, 0.3) is 0 Å². The molecule has 0 aromatic carbocycles. The minimum Gasteiger partial charge on any atom is -0.388 e. The van der Waals surface area contributed by atoms with Crippen LogP contribution in [-0.4, -0.2) is 32.7 Å². The number of aliphatic imine (C=N–C) groups is 2. The van der Waals surface area contributed by atoms with E-state index >= 15 is 0 Å². The number of hydrogen-bond acceptors (Lipinski definition) is 4. The van der Waals surface area contributed by atoms with Crippen molar-refractivity contribution < 1.29 is 0 Å². The van der Waals surface area contributed by atoms with Crippen molar-refractivity contribution in [2.24, 2.45) is 9.98 Å². The van der Waals surface area contributed by atoms with Gasteiger partial charge in [0.2, 0.25) is 0 Å². The molecular weight excluding hydrogens is 152 g/mol. The highest BCUT2D eigenvalue weighted by molar-refractivity contribution is 5.86. The third kappa shape index (κ3) is 2.08. The van der Waals surface area contributed by atoms with Gasteiger partial charge in [0.1, 0.15) is 6.34 Å². The van der Waals surface area contributed by atoms with Gasteiger partial charge in [0.05, 0.1) is 24.2 Å². The van der Waals surface area contributed by atoms with E-state index in [1.165, 1.54) is 0 Å². The number of likely N-dealkylation sites (N-methyl/N-ethyl adjacent to an activating group) is 1. The molecule has 4 heteroatoms. The van der Waals surface area contributed by atoms with Crippen molar-refractivity contribution in [1.82, 2.24) is 10.6 Å². The second kappa shape index (κ2) is 4.54. The van der Waals surface area contributed by atoms with E-state index in [0.717, 1.165) is 17.9 Å². The molecule has 0 radical (unpaired) electrons. The van der Waals surface area contributed by atoms with Crippen LogP contribution in [0.5, 0.6) is 0 Å². The van der Waals surface area contributed by atoms with Crippen LogP contribution in [0.4, 0.5) is 0 Å². The van der Waals surface area contributed by atoms with E-state index in [1.807, 2.05) is 7.05 Å². The van der Waals surface area contributed by atoms with Crippen LogP contribution < -0.4 is 10.6 Å². The Morgan fingerprint density at radius 1 is 1.58 bits per heavy atom. The Bertz CT molecular complexity index is 227. The summed E-state index contributed by atoms with van der Waals surface area (Å²) in [6.07, 6.45) is 3.35. The molecule has 0 amide bonds. The lowest BCUT2D eigenvalue weighted by molar-refractivity contribution is 0.830. The lowest BCUT2D eigenvalue weighted by Crippen LogP contribution is -2.22. The van der Waals surface area contributed by atoms with Crippen molar-refractivity contribution in [3.05, 3.63) is 11.4 Å². The summed E-state index contributed by atoms with van der Waals surface area (Å²) < 4.78 is 0. The summed E-state index contributed by atoms with van der Waals surface area (Å²) in [6.45, 7) is 3.62. The highest BCUT2D eigenvalue weighted by Gasteiger charge is 2.02. The maximum Gasteiger partial charge on any atom is 0.110 e. The predicted octanol–water partition coefficient (Wildman–Crippen LogP) is 0.140. The summed E-state index contributed by atoms with van der Waals surface area (Å²) in [7, 11) is 1.89. The minimum atomic E-state index is 0.666. The van der Waals surface area contributed by atoms with Gasteiger partial charge in [-0.05, 0) is 6.92 Å². The molecule has 1 aliphatic heterocycles. The van der Waals surface area contributed by atoms with Gasteiger partial charge in [-0.15, -0.1) is 0 Å². The zero-order chi connectivity index (χ0) is 8.81. The first-order valence-electron chi connectivity index (χ1n) is 4.04. The molecule has 0 fully saturated rings. The summed E-state index contributed by atoms with van der Waals surface area (Å²) in [4.78, 5) is 8.06. The van der Waals surface area contributed by atoms with Gasteiger partial charge < -0.3 is 10.6 Å². The Kier molecular flexibility index (Phi) is 3.32. The number of nitrogens with zero attached hydrogens (tertiary/aromatic N) is 2. The fourth-order valence-electron chi connectivity index (χ4n) is 1.01. The van der Waals surface area contributed by atoms with Crippen LogP contribution in [0.3, 0.4) is 0 Å². The molecule has 4 nitrogen and oxygen atoms in total. The molecule has 0 aromatic rings. The van der Waals surface area contributed by atoms with Gasteiger partial charge in [0.15, 0.2) is 0 Å². The summed E-state index contributed by atoms with van der Waals surface area (Å²) in [5.74, 6) is 0. The number of hydrogen-bond donors (Lipinski definition) is 2. The van der Waals surface area contributed by atoms with Gasteiger partial charge in [-0.1, -0.05) is 0 Å². The monoisotopic (exact) mass is 166 g/mol. The molecule has 0 saturated carbocycles. The SMILES string of the molecule is CCNC1=C(NC)CN=CN=C1. The van der Waals surface area contributed by atoms with Crippen molar-refractivity contribution in [2.45, 2.75) is 6.92 Å². The maximum atomic E-state index is 4.07. The van der Waals surface area contributed by atoms with E-state index in [9.17, 15) is 0 Å². The Morgan fingerprint density at radius 3 is 3.08 bits per heavy atom. The topological polar surface area (TPSA) is 48.8 Å². The van der Waals surface area contributed by atoms with E-state index in [-0.39, 0.29) is 0 Å². The fraction of sp³-hybridized carbons (Fsp3) is 0.500. The first-order chi connectivity index (χ1) is 5.88. The van der Waals surface area contributed by atoms with Gasteiger partial charge in [-0.25, -0.2) is 4.99 Å². The number of nitrogens with one attached hydrogen (secondary N) is 2. The normalized spacial score (nSPS) is 16.2. The average Bonchev–Trinajstić information content (AvgIpc) is 2.30. The summed E-state index contributed by atoms with van der Waals surface area (Å²) in [5, 5.41) is 6.30. The molecule has 0 aromatic heterocycles. The van der Waals surface area contributed by atoms with Crippen molar-refractivity contribution in [3.8, 4) is 0 Å². The minimum absolute atomic E-state index is 0.666. The highest BCUT2D eigenvalue weighted by Crippen LogP contribution is 1.98. The van der Waals surface area contributed by atoms with Crippen LogP contribution in [0.25, 0.3) is 0 Å². The molecule has 2 N–H and O–H groups in total. The second-order valence-electron chi connectivity index (χ2n) is 2.41. The number of rotatable bonds is 3. The first kappa shape index (κ1) is 8.77. The lowest BCUT2D eigenvalue weighted by Gasteiger charge is -2.09. The standard InChI is InChI=1S/C8H14N4/c1-3-12-8-5-11-6-10-4-7(8)9-2/h5-6,9,12H,3-4H2,1-2H3. The maximum absolute atomic E-state index is 4.07. The average molecular weight is 166 g/mol. The quantitative estimate of drug-likeness (QED) is 0.626. The Morgan fingerprint density at radius 2 is 2.42 bits per heavy atom. The third-order valence-electron chi connectivity index (χ3n) is 1.60. The van der Waals surface area contributed by atoms with Crippen LogP contribution in [0.15, 0.2) is 21.4 Å². The summed E-state index contributed by atoms with van der Waals surface area (Å²) in [6, 6.07) is 0. The molecule has 0 bridgehead atoms. The molecule has 0 spiro atoms. The van der Waals surface area contributed by atoms with Crippen molar-refractivity contribution in [3.63, 3.8) is 0 Å². The second-order valence-corrected chi connectivity index (χ2v) is 2.41. The molecule has 12 heavy (non-hydrogen) atoms. The molecule has 0 saturated heterocycles. The summed E-state index contributed by atoms with van der Waals surface area (Å²) >= 11 is 0. The van der Waals surface area contributed by atoms with Crippen LogP contribution in [0.1, 0.15) is 6.92 Å². The molecule has 1 rings (SSSR count). The smallest absolute Gasteiger partial charge is 0.110 e. The van der Waals surface area contributed by atoms with E-state index in [0.29, 0.717) is 6.54 Å². The zero-order valence-electron chi connectivity index (χ0n) is 7.46. The van der Waals surface area contributed by atoms with Gasteiger partial charge in [-0.3, -0.25) is 4.99 Å². The van der Waals surface area contributed by atoms with Crippen LogP contribution >= 0.6 is 0 Å². The Labute approximate surface area is 72.5 Å². The first-order valence-corrected chi connectivity index (χ1v) is 4.04. The molecule has 1 heterocycles. The molecule has 0 aliphatic carbocycles. The molecule has 0 unspecified atom stereocenters. The van der Waals surface area contributed by atoms with Crippen molar-refractivity contribution in [1.29, 1.82) is 0 Å². The van der Waals surface area contributed by atoms with Crippen molar-refractivity contribution in [2.75, 3.05) is 20.1 Å². The molecule has 1 aliphatic rings. The van der Waals surface area contributed by atoms with E-state index < -0.39 is 0 Å². The third-order valence-corrected chi connectivity index (χ3v) is 1.60. The molecule has 0 atom stereocenters. The van der Waals surface area contributed by atoms with E-state index in [1.54, 1.807) is 12.6 Å². The van der Waals surface area contributed by atoms with Gasteiger partial charge in [0, 0.05) is 13.6 Å². The van der Waals surface area contributed by atoms with Crippen LogP contribution in [-0.2, 0) is 0 Å². The van der Waals surface area contributed by atoms with Gasteiger partial charge >= 0.3 is 0 Å². The predicted molar refractivity (Wildman–Crippen MR) is 51.6 cm³/mol. The summed E-state index contributed by atoms with van der Waals surface area (Å²) in [5.41, 5.74) is 2.10. The lowest BCUT2D eigenvalue weighted by atomic mass is 10.3. The largest absolute Gasteiger partial charge is 0.388 e. The fourth-order valence-corrected chi connectivity index (χ4v) is 1.01. The van der Waals surface area contributed by atoms with E-state index in [4.69, 9.17) is 0 Å². The molecule has 66 valence electrons. The number of allylic oxidation sites excluding steroid dienone is 1. The van der Waals surface area contributed by atoms with Gasteiger partial charge in [-0.2, -0.15) is 0 Å². The zero-order valence-corrected chi connectivity index (χ0v) is 7.46. The Hall–Kier alpha value is -1.32. The van der Waals surface area contributed by atoms with Crippen LogP contribution in [0, 0.1) is 0 Å². The van der Waals surface area contributed by atoms with Crippen LogP contribution in [0.2, 0.25) is 0 Å². The van der Waals surface area contributed by atoms with E-state index in [2.05, 4.69) is 27.5 Å². The Balaban J connectivity index is 2.78.